The first kappa shape index (κ1) is 19.2. The van der Waals surface area contributed by atoms with Gasteiger partial charge in [0, 0.05) is 21.5 Å². The SMILES string of the molecule is CCC(Sc1ccc(Cl)cc1)C(=O)NCCCc1ccc(Cl)cc1. The molecular weight excluding hydrogens is 361 g/mol. The van der Waals surface area contributed by atoms with Gasteiger partial charge in [-0.3, -0.25) is 4.79 Å². The summed E-state index contributed by atoms with van der Waals surface area (Å²) >= 11 is 13.3. The minimum absolute atomic E-state index is 0.0818. The topological polar surface area (TPSA) is 29.1 Å². The number of aryl methyl sites for hydroxylation is 1. The summed E-state index contributed by atoms with van der Waals surface area (Å²) in [6.45, 7) is 2.71. The lowest BCUT2D eigenvalue weighted by molar-refractivity contribution is -0.120. The van der Waals surface area contributed by atoms with Crippen molar-refractivity contribution in [2.24, 2.45) is 0 Å². The minimum atomic E-state index is -0.0818. The van der Waals surface area contributed by atoms with Crippen LogP contribution >= 0.6 is 35.0 Å². The van der Waals surface area contributed by atoms with E-state index < -0.39 is 0 Å². The molecule has 0 spiro atoms. The number of amides is 1. The molecule has 0 radical (unpaired) electrons. The summed E-state index contributed by atoms with van der Waals surface area (Å²) in [5.74, 6) is 0.0913. The zero-order chi connectivity index (χ0) is 17.4. The summed E-state index contributed by atoms with van der Waals surface area (Å²) in [5.41, 5.74) is 1.23. The molecule has 0 aliphatic carbocycles. The van der Waals surface area contributed by atoms with Crippen LogP contribution in [-0.4, -0.2) is 17.7 Å². The van der Waals surface area contributed by atoms with Gasteiger partial charge in [0.15, 0.2) is 0 Å². The Morgan fingerprint density at radius 1 is 1.04 bits per heavy atom. The molecule has 0 heterocycles. The molecule has 1 atom stereocenters. The number of carbonyl (C=O) groups is 1. The van der Waals surface area contributed by atoms with Crippen LogP contribution < -0.4 is 5.32 Å². The van der Waals surface area contributed by atoms with Crippen LogP contribution in [0, 0.1) is 0 Å². The second-order valence-corrected chi connectivity index (χ2v) is 7.64. The predicted octanol–water partition coefficient (Wildman–Crippen LogP) is 5.61. The fourth-order valence-corrected chi connectivity index (χ4v) is 3.50. The first-order valence-corrected chi connectivity index (χ1v) is 9.66. The number of carbonyl (C=O) groups excluding carboxylic acids is 1. The van der Waals surface area contributed by atoms with E-state index in [4.69, 9.17) is 23.2 Å². The first-order valence-electron chi connectivity index (χ1n) is 8.03. The lowest BCUT2D eigenvalue weighted by Crippen LogP contribution is -2.33. The molecule has 2 aromatic carbocycles. The van der Waals surface area contributed by atoms with Crippen LogP contribution in [0.15, 0.2) is 53.4 Å². The Kier molecular flexibility index (Phi) is 7.97. The van der Waals surface area contributed by atoms with Crippen LogP contribution in [0.2, 0.25) is 10.0 Å². The molecule has 0 saturated heterocycles. The third kappa shape index (κ3) is 6.39. The van der Waals surface area contributed by atoms with Gasteiger partial charge in [-0.05, 0) is 61.2 Å². The van der Waals surface area contributed by atoms with Gasteiger partial charge in [0.25, 0.3) is 0 Å². The number of thioether (sulfide) groups is 1. The molecule has 1 amide bonds. The van der Waals surface area contributed by atoms with E-state index in [-0.39, 0.29) is 11.2 Å². The van der Waals surface area contributed by atoms with Crippen LogP contribution in [0.25, 0.3) is 0 Å². The molecule has 2 rings (SSSR count). The zero-order valence-electron chi connectivity index (χ0n) is 13.6. The van der Waals surface area contributed by atoms with Gasteiger partial charge in [0.2, 0.25) is 5.91 Å². The monoisotopic (exact) mass is 381 g/mol. The van der Waals surface area contributed by atoms with E-state index >= 15 is 0 Å². The number of halogens is 2. The van der Waals surface area contributed by atoms with Crippen LogP contribution in [-0.2, 0) is 11.2 Å². The molecule has 0 saturated carbocycles. The van der Waals surface area contributed by atoms with Crippen LogP contribution in [0.3, 0.4) is 0 Å². The molecule has 2 aromatic rings. The van der Waals surface area contributed by atoms with Crippen molar-refractivity contribution in [2.75, 3.05) is 6.54 Å². The van der Waals surface area contributed by atoms with E-state index in [9.17, 15) is 4.79 Å². The predicted molar refractivity (Wildman–Crippen MR) is 104 cm³/mol. The first-order chi connectivity index (χ1) is 11.6. The minimum Gasteiger partial charge on any atom is -0.355 e. The van der Waals surface area contributed by atoms with Crippen LogP contribution in [0.4, 0.5) is 0 Å². The van der Waals surface area contributed by atoms with Crippen molar-refractivity contribution in [3.8, 4) is 0 Å². The Morgan fingerprint density at radius 2 is 1.62 bits per heavy atom. The summed E-state index contributed by atoms with van der Waals surface area (Å²) < 4.78 is 0. The van der Waals surface area contributed by atoms with Crippen molar-refractivity contribution < 1.29 is 4.79 Å². The van der Waals surface area contributed by atoms with Gasteiger partial charge >= 0.3 is 0 Å². The van der Waals surface area contributed by atoms with Crippen molar-refractivity contribution in [2.45, 2.75) is 36.3 Å². The van der Waals surface area contributed by atoms with E-state index in [1.807, 2.05) is 55.5 Å². The van der Waals surface area contributed by atoms with Gasteiger partial charge in [0.1, 0.15) is 0 Å². The fraction of sp³-hybridized carbons (Fsp3) is 0.316. The highest BCUT2D eigenvalue weighted by Crippen LogP contribution is 2.26. The van der Waals surface area contributed by atoms with Crippen molar-refractivity contribution in [3.63, 3.8) is 0 Å². The molecule has 1 N–H and O–H groups in total. The van der Waals surface area contributed by atoms with Crippen molar-refractivity contribution in [1.29, 1.82) is 0 Å². The summed E-state index contributed by atoms with van der Waals surface area (Å²) in [5, 5.41) is 4.41. The Morgan fingerprint density at radius 3 is 2.21 bits per heavy atom. The second kappa shape index (κ2) is 9.97. The average Bonchev–Trinajstić information content (AvgIpc) is 2.59. The molecule has 0 bridgehead atoms. The van der Waals surface area contributed by atoms with Crippen molar-refractivity contribution in [3.05, 3.63) is 64.1 Å². The lowest BCUT2D eigenvalue weighted by atomic mass is 10.1. The van der Waals surface area contributed by atoms with Gasteiger partial charge in [-0.1, -0.05) is 42.3 Å². The van der Waals surface area contributed by atoms with Crippen LogP contribution in [0.1, 0.15) is 25.3 Å². The number of nitrogens with one attached hydrogen (secondary N) is 1. The Labute approximate surface area is 157 Å². The number of rotatable bonds is 8. The quantitative estimate of drug-likeness (QED) is 0.475. The smallest absolute Gasteiger partial charge is 0.233 e. The Hall–Kier alpha value is -1.16. The maximum Gasteiger partial charge on any atom is 0.233 e. The summed E-state index contributed by atoms with van der Waals surface area (Å²) in [4.78, 5) is 13.4. The molecule has 1 unspecified atom stereocenters. The van der Waals surface area contributed by atoms with Crippen molar-refractivity contribution >= 4 is 40.9 Å². The molecular formula is C19H21Cl2NOS. The molecule has 0 aliphatic rings. The Balaban J connectivity index is 1.75. The van der Waals surface area contributed by atoms with E-state index in [1.54, 1.807) is 11.8 Å². The number of hydrogen-bond acceptors (Lipinski definition) is 2. The van der Waals surface area contributed by atoms with E-state index in [2.05, 4.69) is 5.32 Å². The molecule has 128 valence electrons. The van der Waals surface area contributed by atoms with Crippen molar-refractivity contribution in [1.82, 2.24) is 5.32 Å². The molecule has 24 heavy (non-hydrogen) atoms. The number of benzene rings is 2. The van der Waals surface area contributed by atoms with Gasteiger partial charge in [0.05, 0.1) is 5.25 Å². The normalized spacial score (nSPS) is 12.0. The largest absolute Gasteiger partial charge is 0.355 e. The fourth-order valence-electron chi connectivity index (χ4n) is 2.27. The van der Waals surface area contributed by atoms with Gasteiger partial charge < -0.3 is 5.32 Å². The maximum absolute atomic E-state index is 12.3. The highest BCUT2D eigenvalue weighted by Gasteiger charge is 2.17. The van der Waals surface area contributed by atoms with Gasteiger partial charge in [-0.25, -0.2) is 0 Å². The molecule has 0 fully saturated rings. The highest BCUT2D eigenvalue weighted by atomic mass is 35.5. The average molecular weight is 382 g/mol. The molecule has 2 nitrogen and oxygen atoms in total. The third-order valence-corrected chi connectivity index (χ3v) is 5.49. The lowest BCUT2D eigenvalue weighted by Gasteiger charge is -2.14. The molecule has 0 aromatic heterocycles. The summed E-state index contributed by atoms with van der Waals surface area (Å²) in [7, 11) is 0. The summed E-state index contributed by atoms with van der Waals surface area (Å²) in [6.07, 6.45) is 2.63. The van der Waals surface area contributed by atoms with Gasteiger partial charge in [-0.2, -0.15) is 0 Å². The van der Waals surface area contributed by atoms with E-state index in [1.165, 1.54) is 5.56 Å². The van der Waals surface area contributed by atoms with E-state index in [0.29, 0.717) is 11.6 Å². The summed E-state index contributed by atoms with van der Waals surface area (Å²) in [6, 6.07) is 15.4. The molecule has 5 heteroatoms. The Bertz CT molecular complexity index is 643. The maximum atomic E-state index is 12.3. The van der Waals surface area contributed by atoms with Crippen LogP contribution in [0.5, 0.6) is 0 Å². The zero-order valence-corrected chi connectivity index (χ0v) is 15.9. The van der Waals surface area contributed by atoms with Gasteiger partial charge in [-0.15, -0.1) is 11.8 Å². The highest BCUT2D eigenvalue weighted by molar-refractivity contribution is 8.00. The second-order valence-electron chi connectivity index (χ2n) is 5.49. The standard InChI is InChI=1S/C19H21Cl2NOS/c1-2-18(24-17-11-9-16(21)10-12-17)19(23)22-13-3-4-14-5-7-15(20)8-6-14/h5-12,18H,2-4,13H2,1H3,(H,22,23). The number of hydrogen-bond donors (Lipinski definition) is 1. The van der Waals surface area contributed by atoms with E-state index in [0.717, 1.165) is 29.2 Å². The third-order valence-electron chi connectivity index (χ3n) is 3.61. The molecule has 0 aliphatic heterocycles.